The number of methoxy groups -OCH3 is 2. The van der Waals surface area contributed by atoms with Gasteiger partial charge in [0.05, 0.1) is 14.2 Å². The third-order valence-corrected chi connectivity index (χ3v) is 4.49. The van der Waals surface area contributed by atoms with E-state index in [1.165, 1.54) is 21.1 Å². The Kier molecular flexibility index (Phi) is 7.07. The molecular formula is C20H23ClN2O4. The SMILES string of the molecule is COc1cc(OC)cc(C(=O)NCCN(C(C)=O)c2ccc(C)c(Cl)c2)c1. The number of carbonyl (C=O) groups is 2. The summed E-state index contributed by atoms with van der Waals surface area (Å²) < 4.78 is 10.3. The zero-order chi connectivity index (χ0) is 20.0. The Labute approximate surface area is 164 Å². The van der Waals surface area contributed by atoms with Crippen LogP contribution in [0.3, 0.4) is 0 Å². The van der Waals surface area contributed by atoms with Crippen LogP contribution in [0, 0.1) is 6.92 Å². The van der Waals surface area contributed by atoms with Crippen molar-refractivity contribution in [2.45, 2.75) is 13.8 Å². The van der Waals surface area contributed by atoms with Crippen molar-refractivity contribution in [3.8, 4) is 11.5 Å². The number of anilines is 1. The number of amides is 2. The number of halogens is 1. The van der Waals surface area contributed by atoms with Crippen LogP contribution < -0.4 is 19.7 Å². The molecule has 144 valence electrons. The summed E-state index contributed by atoms with van der Waals surface area (Å²) in [5, 5.41) is 3.39. The standard InChI is InChI=1S/C20H23ClN2O4/c1-13-5-6-16(11-19(13)21)23(14(2)24)8-7-22-20(25)15-9-17(26-3)12-18(10-15)27-4/h5-6,9-12H,7-8H2,1-4H3,(H,22,25). The first-order valence-electron chi connectivity index (χ1n) is 8.41. The molecule has 27 heavy (non-hydrogen) atoms. The number of ether oxygens (including phenoxy) is 2. The van der Waals surface area contributed by atoms with E-state index in [4.69, 9.17) is 21.1 Å². The Hall–Kier alpha value is -2.73. The van der Waals surface area contributed by atoms with E-state index in [0.29, 0.717) is 34.3 Å². The molecule has 0 aliphatic rings. The molecular weight excluding hydrogens is 368 g/mol. The van der Waals surface area contributed by atoms with Gasteiger partial charge < -0.3 is 19.7 Å². The molecule has 2 amide bonds. The van der Waals surface area contributed by atoms with Crippen molar-refractivity contribution in [3.63, 3.8) is 0 Å². The average molecular weight is 391 g/mol. The highest BCUT2D eigenvalue weighted by Crippen LogP contribution is 2.24. The van der Waals surface area contributed by atoms with Gasteiger partial charge in [-0.25, -0.2) is 0 Å². The Morgan fingerprint density at radius 3 is 2.22 bits per heavy atom. The van der Waals surface area contributed by atoms with E-state index < -0.39 is 0 Å². The van der Waals surface area contributed by atoms with Crippen LogP contribution in [-0.2, 0) is 4.79 Å². The Morgan fingerprint density at radius 2 is 1.70 bits per heavy atom. The highest BCUT2D eigenvalue weighted by atomic mass is 35.5. The van der Waals surface area contributed by atoms with E-state index >= 15 is 0 Å². The maximum atomic E-state index is 12.4. The van der Waals surface area contributed by atoms with Crippen LogP contribution in [0.15, 0.2) is 36.4 Å². The quantitative estimate of drug-likeness (QED) is 0.786. The summed E-state index contributed by atoms with van der Waals surface area (Å²) in [6.07, 6.45) is 0. The van der Waals surface area contributed by atoms with Gasteiger partial charge in [0.2, 0.25) is 5.91 Å². The van der Waals surface area contributed by atoms with Crippen molar-refractivity contribution in [3.05, 3.63) is 52.5 Å². The fraction of sp³-hybridized carbons (Fsp3) is 0.300. The molecule has 0 saturated carbocycles. The maximum Gasteiger partial charge on any atom is 0.251 e. The first kappa shape index (κ1) is 20.6. The number of benzene rings is 2. The predicted octanol–water partition coefficient (Wildman–Crippen LogP) is 3.45. The molecule has 2 rings (SSSR count). The first-order chi connectivity index (χ1) is 12.8. The number of rotatable bonds is 7. The van der Waals surface area contributed by atoms with Gasteiger partial charge in [0.15, 0.2) is 0 Å². The summed E-state index contributed by atoms with van der Waals surface area (Å²) in [6.45, 7) is 3.97. The lowest BCUT2D eigenvalue weighted by Gasteiger charge is -2.22. The number of nitrogens with one attached hydrogen (secondary N) is 1. The zero-order valence-electron chi connectivity index (χ0n) is 15.8. The highest BCUT2D eigenvalue weighted by Gasteiger charge is 2.14. The molecule has 7 heteroatoms. The van der Waals surface area contributed by atoms with E-state index in [2.05, 4.69) is 5.32 Å². The van der Waals surface area contributed by atoms with E-state index in [0.717, 1.165) is 5.56 Å². The smallest absolute Gasteiger partial charge is 0.251 e. The summed E-state index contributed by atoms with van der Waals surface area (Å²) in [7, 11) is 3.04. The van der Waals surface area contributed by atoms with Gasteiger partial charge in [-0.3, -0.25) is 9.59 Å². The molecule has 2 aromatic rings. The van der Waals surface area contributed by atoms with Crippen LogP contribution in [-0.4, -0.2) is 39.1 Å². The van der Waals surface area contributed by atoms with Gasteiger partial charge in [0.1, 0.15) is 11.5 Å². The minimum atomic E-state index is -0.280. The monoisotopic (exact) mass is 390 g/mol. The topological polar surface area (TPSA) is 67.9 Å². The molecule has 0 heterocycles. The van der Waals surface area contributed by atoms with Gasteiger partial charge >= 0.3 is 0 Å². The molecule has 1 N–H and O–H groups in total. The summed E-state index contributed by atoms with van der Waals surface area (Å²) in [6, 6.07) is 10.4. The predicted molar refractivity (Wildman–Crippen MR) is 106 cm³/mol. The molecule has 0 radical (unpaired) electrons. The van der Waals surface area contributed by atoms with Gasteiger partial charge in [-0.15, -0.1) is 0 Å². The second-order valence-corrected chi connectivity index (χ2v) is 6.37. The minimum absolute atomic E-state index is 0.132. The lowest BCUT2D eigenvalue weighted by Crippen LogP contribution is -2.37. The van der Waals surface area contributed by atoms with Gasteiger partial charge in [0, 0.05) is 42.4 Å². The first-order valence-corrected chi connectivity index (χ1v) is 8.79. The Bertz CT molecular complexity index is 816. The van der Waals surface area contributed by atoms with Crippen molar-refractivity contribution in [1.29, 1.82) is 0 Å². The lowest BCUT2D eigenvalue weighted by molar-refractivity contribution is -0.116. The van der Waals surface area contributed by atoms with Crippen LogP contribution >= 0.6 is 11.6 Å². The highest BCUT2D eigenvalue weighted by molar-refractivity contribution is 6.31. The molecule has 6 nitrogen and oxygen atoms in total. The Morgan fingerprint density at radius 1 is 1.07 bits per heavy atom. The van der Waals surface area contributed by atoms with Crippen LogP contribution in [0.5, 0.6) is 11.5 Å². The number of nitrogens with zero attached hydrogens (tertiary/aromatic N) is 1. The molecule has 0 bridgehead atoms. The molecule has 0 spiro atoms. The largest absolute Gasteiger partial charge is 0.497 e. The molecule has 0 aliphatic carbocycles. The Balaban J connectivity index is 2.05. The third-order valence-electron chi connectivity index (χ3n) is 4.08. The molecule has 0 atom stereocenters. The molecule has 0 unspecified atom stereocenters. The van der Waals surface area contributed by atoms with Crippen molar-refractivity contribution < 1.29 is 19.1 Å². The fourth-order valence-corrected chi connectivity index (χ4v) is 2.71. The van der Waals surface area contributed by atoms with E-state index in [-0.39, 0.29) is 18.4 Å². The number of carbonyl (C=O) groups excluding carboxylic acids is 2. The van der Waals surface area contributed by atoms with Gasteiger partial charge in [-0.05, 0) is 36.8 Å². The van der Waals surface area contributed by atoms with Crippen LogP contribution in [0.4, 0.5) is 5.69 Å². The maximum absolute atomic E-state index is 12.4. The summed E-state index contributed by atoms with van der Waals surface area (Å²) in [4.78, 5) is 26.0. The number of hydrogen-bond donors (Lipinski definition) is 1. The van der Waals surface area contributed by atoms with Crippen molar-refractivity contribution in [1.82, 2.24) is 5.32 Å². The van der Waals surface area contributed by atoms with Crippen LogP contribution in [0.1, 0.15) is 22.8 Å². The number of aryl methyl sites for hydroxylation is 1. The van der Waals surface area contributed by atoms with E-state index in [9.17, 15) is 9.59 Å². The van der Waals surface area contributed by atoms with E-state index in [1.54, 1.807) is 29.2 Å². The van der Waals surface area contributed by atoms with Crippen molar-refractivity contribution >= 4 is 29.1 Å². The fourth-order valence-electron chi connectivity index (χ4n) is 2.54. The van der Waals surface area contributed by atoms with Crippen LogP contribution in [0.2, 0.25) is 5.02 Å². The molecule has 0 fully saturated rings. The molecule has 0 saturated heterocycles. The number of hydrogen-bond acceptors (Lipinski definition) is 4. The van der Waals surface area contributed by atoms with Crippen LogP contribution in [0.25, 0.3) is 0 Å². The van der Waals surface area contributed by atoms with E-state index in [1.807, 2.05) is 19.1 Å². The lowest BCUT2D eigenvalue weighted by atomic mass is 10.2. The second kappa shape index (κ2) is 9.28. The molecule has 0 aliphatic heterocycles. The minimum Gasteiger partial charge on any atom is -0.497 e. The van der Waals surface area contributed by atoms with Crippen molar-refractivity contribution in [2.24, 2.45) is 0 Å². The normalized spacial score (nSPS) is 10.3. The van der Waals surface area contributed by atoms with Gasteiger partial charge in [-0.1, -0.05) is 17.7 Å². The summed E-state index contributed by atoms with van der Waals surface area (Å²) in [5.74, 6) is 0.642. The second-order valence-electron chi connectivity index (χ2n) is 5.96. The molecule has 0 aromatic heterocycles. The zero-order valence-corrected chi connectivity index (χ0v) is 16.6. The summed E-state index contributed by atoms with van der Waals surface area (Å²) >= 11 is 6.15. The molecule has 2 aromatic carbocycles. The third kappa shape index (κ3) is 5.37. The van der Waals surface area contributed by atoms with Gasteiger partial charge in [-0.2, -0.15) is 0 Å². The van der Waals surface area contributed by atoms with Gasteiger partial charge in [0.25, 0.3) is 5.91 Å². The average Bonchev–Trinajstić information content (AvgIpc) is 2.66. The summed E-state index contributed by atoms with van der Waals surface area (Å²) in [5.41, 5.74) is 2.04. The van der Waals surface area contributed by atoms with Crippen molar-refractivity contribution in [2.75, 3.05) is 32.2 Å².